The van der Waals surface area contributed by atoms with Crippen LogP contribution in [-0.2, 0) is 22.8 Å². The SMILES string of the molecule is Cc1ccccc1OCCc1nc(-c2cccc(S(C)(=O)=O)c2)nn1CC(C)(C)CO. The van der Waals surface area contributed by atoms with E-state index < -0.39 is 9.84 Å². The molecule has 8 heteroatoms. The van der Waals surface area contributed by atoms with Gasteiger partial charge in [0.15, 0.2) is 15.7 Å². The second-order valence-corrected chi connectivity index (χ2v) is 10.5. The molecule has 166 valence electrons. The van der Waals surface area contributed by atoms with Gasteiger partial charge in [-0.15, -0.1) is 0 Å². The largest absolute Gasteiger partial charge is 0.493 e. The molecular weight excluding hydrogens is 414 g/mol. The van der Waals surface area contributed by atoms with Crippen molar-refractivity contribution >= 4 is 9.84 Å². The van der Waals surface area contributed by atoms with Gasteiger partial charge in [0, 0.05) is 30.3 Å². The van der Waals surface area contributed by atoms with Gasteiger partial charge in [-0.25, -0.2) is 18.1 Å². The first-order valence-corrected chi connectivity index (χ1v) is 12.0. The Balaban J connectivity index is 1.88. The highest BCUT2D eigenvalue weighted by Gasteiger charge is 2.22. The molecule has 0 saturated carbocycles. The zero-order valence-corrected chi connectivity index (χ0v) is 19.2. The van der Waals surface area contributed by atoms with E-state index in [-0.39, 0.29) is 16.9 Å². The fourth-order valence-corrected chi connectivity index (χ4v) is 3.77. The van der Waals surface area contributed by atoms with E-state index in [4.69, 9.17) is 4.74 Å². The molecule has 0 atom stereocenters. The zero-order valence-electron chi connectivity index (χ0n) is 18.4. The first kappa shape index (κ1) is 23.0. The minimum absolute atomic E-state index is 0.00487. The van der Waals surface area contributed by atoms with Crippen molar-refractivity contribution in [3.8, 4) is 17.1 Å². The van der Waals surface area contributed by atoms with Crippen LogP contribution in [0, 0.1) is 12.3 Å². The first-order chi connectivity index (χ1) is 14.6. The number of hydrogen-bond donors (Lipinski definition) is 1. The number of nitrogens with zero attached hydrogens (tertiary/aromatic N) is 3. The molecule has 2 aromatic carbocycles. The van der Waals surface area contributed by atoms with E-state index in [0.29, 0.717) is 31.0 Å². The van der Waals surface area contributed by atoms with Crippen LogP contribution in [0.3, 0.4) is 0 Å². The molecule has 1 N–H and O–H groups in total. The topological polar surface area (TPSA) is 94.3 Å². The molecule has 0 radical (unpaired) electrons. The van der Waals surface area contributed by atoms with Crippen LogP contribution in [0.15, 0.2) is 53.4 Å². The summed E-state index contributed by atoms with van der Waals surface area (Å²) in [5.74, 6) is 1.99. The first-order valence-electron chi connectivity index (χ1n) is 10.1. The van der Waals surface area contributed by atoms with Crippen LogP contribution in [0.5, 0.6) is 5.75 Å². The van der Waals surface area contributed by atoms with Gasteiger partial charge in [-0.2, -0.15) is 5.10 Å². The van der Waals surface area contributed by atoms with Gasteiger partial charge in [0.2, 0.25) is 0 Å². The van der Waals surface area contributed by atoms with Crippen molar-refractivity contribution in [3.63, 3.8) is 0 Å². The maximum absolute atomic E-state index is 11.9. The number of ether oxygens (including phenoxy) is 1. The van der Waals surface area contributed by atoms with E-state index >= 15 is 0 Å². The summed E-state index contributed by atoms with van der Waals surface area (Å²) in [5, 5.41) is 14.3. The summed E-state index contributed by atoms with van der Waals surface area (Å²) in [6.07, 6.45) is 1.70. The van der Waals surface area contributed by atoms with Gasteiger partial charge >= 0.3 is 0 Å². The maximum Gasteiger partial charge on any atom is 0.181 e. The van der Waals surface area contributed by atoms with Gasteiger partial charge in [-0.3, -0.25) is 0 Å². The summed E-state index contributed by atoms with van der Waals surface area (Å²) < 4.78 is 31.6. The fraction of sp³-hybridized carbons (Fsp3) is 0.391. The number of aliphatic hydroxyl groups excluding tert-OH is 1. The third-order valence-corrected chi connectivity index (χ3v) is 6.06. The predicted octanol–water partition coefficient (Wildman–Crippen LogP) is 3.30. The van der Waals surface area contributed by atoms with Gasteiger partial charge in [-0.1, -0.05) is 44.2 Å². The average Bonchev–Trinajstić information content (AvgIpc) is 3.11. The van der Waals surface area contributed by atoms with Crippen LogP contribution in [0.1, 0.15) is 25.2 Å². The van der Waals surface area contributed by atoms with Crippen LogP contribution in [0.2, 0.25) is 0 Å². The van der Waals surface area contributed by atoms with Crippen molar-refractivity contribution < 1.29 is 18.3 Å². The molecule has 3 rings (SSSR count). The van der Waals surface area contributed by atoms with Crippen LogP contribution in [0.25, 0.3) is 11.4 Å². The summed E-state index contributed by atoms with van der Waals surface area (Å²) in [6.45, 7) is 6.80. The number of sulfone groups is 1. The Bertz CT molecular complexity index is 1150. The second kappa shape index (κ2) is 9.20. The molecule has 0 aliphatic carbocycles. The average molecular weight is 444 g/mol. The highest BCUT2D eigenvalue weighted by molar-refractivity contribution is 7.90. The quantitative estimate of drug-likeness (QED) is 0.545. The molecule has 0 aliphatic heterocycles. The number of para-hydroxylation sites is 1. The monoisotopic (exact) mass is 443 g/mol. The molecule has 0 amide bonds. The summed E-state index contributed by atoms with van der Waals surface area (Å²) in [7, 11) is -3.33. The molecule has 0 aliphatic rings. The molecule has 7 nitrogen and oxygen atoms in total. The summed E-state index contributed by atoms with van der Waals surface area (Å²) >= 11 is 0. The molecule has 0 bridgehead atoms. The number of aryl methyl sites for hydroxylation is 1. The van der Waals surface area contributed by atoms with Crippen molar-refractivity contribution in [2.45, 2.75) is 38.6 Å². The third kappa shape index (κ3) is 5.92. The van der Waals surface area contributed by atoms with Gasteiger partial charge in [0.25, 0.3) is 0 Å². The Labute approximate surface area is 183 Å². The second-order valence-electron chi connectivity index (χ2n) is 8.50. The molecule has 0 saturated heterocycles. The Hall–Kier alpha value is -2.71. The molecule has 1 aromatic heterocycles. The minimum atomic E-state index is -3.33. The highest BCUT2D eigenvalue weighted by atomic mass is 32.2. The fourth-order valence-electron chi connectivity index (χ4n) is 3.10. The number of aromatic nitrogens is 3. The Morgan fingerprint density at radius 3 is 2.55 bits per heavy atom. The lowest BCUT2D eigenvalue weighted by atomic mass is 9.95. The number of benzene rings is 2. The van der Waals surface area contributed by atoms with Gasteiger partial charge in [-0.05, 0) is 30.7 Å². The van der Waals surface area contributed by atoms with Crippen LogP contribution in [0.4, 0.5) is 0 Å². The lowest BCUT2D eigenvalue weighted by Crippen LogP contribution is -2.26. The maximum atomic E-state index is 11.9. The van der Waals surface area contributed by atoms with Crippen molar-refractivity contribution in [2.24, 2.45) is 5.41 Å². The summed E-state index contributed by atoms with van der Waals surface area (Å²) in [4.78, 5) is 4.89. The molecule has 0 fully saturated rings. The molecule has 31 heavy (non-hydrogen) atoms. The lowest BCUT2D eigenvalue weighted by Gasteiger charge is -2.22. The van der Waals surface area contributed by atoms with E-state index in [0.717, 1.165) is 17.1 Å². The molecule has 0 spiro atoms. The van der Waals surface area contributed by atoms with E-state index in [1.165, 1.54) is 6.26 Å². The van der Waals surface area contributed by atoms with Crippen molar-refractivity contribution in [3.05, 3.63) is 59.9 Å². The highest BCUT2D eigenvalue weighted by Crippen LogP contribution is 2.23. The Morgan fingerprint density at radius 2 is 1.87 bits per heavy atom. The molecule has 1 heterocycles. The number of hydrogen-bond acceptors (Lipinski definition) is 6. The van der Waals surface area contributed by atoms with Crippen LogP contribution >= 0.6 is 0 Å². The smallest absolute Gasteiger partial charge is 0.181 e. The summed E-state index contributed by atoms with van der Waals surface area (Å²) in [5.41, 5.74) is 1.30. The molecule has 3 aromatic rings. The van der Waals surface area contributed by atoms with E-state index in [1.807, 2.05) is 45.0 Å². The van der Waals surface area contributed by atoms with Gasteiger partial charge < -0.3 is 9.84 Å². The van der Waals surface area contributed by atoms with Gasteiger partial charge in [0.1, 0.15) is 11.6 Å². The zero-order chi connectivity index (χ0) is 22.6. The lowest BCUT2D eigenvalue weighted by molar-refractivity contribution is 0.135. The molecule has 0 unspecified atom stereocenters. The normalized spacial score (nSPS) is 12.2. The van der Waals surface area contributed by atoms with Crippen molar-refractivity contribution in [2.75, 3.05) is 19.5 Å². The van der Waals surface area contributed by atoms with E-state index in [1.54, 1.807) is 28.9 Å². The number of aliphatic hydroxyl groups is 1. The van der Waals surface area contributed by atoms with Crippen LogP contribution in [-0.4, -0.2) is 47.8 Å². The standard InChI is InChI=1S/C23H29N3O4S/c1-17-8-5-6-11-20(17)30-13-12-21-24-22(25-26(21)15-23(2,3)16-27)18-9-7-10-19(14-18)31(4,28)29/h5-11,14,27H,12-13,15-16H2,1-4H3. The summed E-state index contributed by atoms with van der Waals surface area (Å²) in [6, 6.07) is 14.4. The van der Waals surface area contributed by atoms with E-state index in [2.05, 4.69) is 10.1 Å². The van der Waals surface area contributed by atoms with Crippen LogP contribution < -0.4 is 4.74 Å². The Kier molecular flexibility index (Phi) is 6.81. The molecular formula is C23H29N3O4S. The predicted molar refractivity (Wildman–Crippen MR) is 120 cm³/mol. The number of rotatable bonds is 9. The van der Waals surface area contributed by atoms with Gasteiger partial charge in [0.05, 0.1) is 18.0 Å². The third-order valence-electron chi connectivity index (χ3n) is 4.95. The Morgan fingerprint density at radius 1 is 1.13 bits per heavy atom. The van der Waals surface area contributed by atoms with Crippen molar-refractivity contribution in [1.29, 1.82) is 0 Å². The minimum Gasteiger partial charge on any atom is -0.493 e. The van der Waals surface area contributed by atoms with Crippen molar-refractivity contribution in [1.82, 2.24) is 14.8 Å². The van der Waals surface area contributed by atoms with E-state index in [9.17, 15) is 13.5 Å².